The van der Waals surface area contributed by atoms with E-state index < -0.39 is 74.8 Å². The molecule has 32 heavy (non-hydrogen) atoms. The van der Waals surface area contributed by atoms with Gasteiger partial charge in [0.25, 0.3) is 0 Å². The molecule has 0 heterocycles. The number of carbonyl (C=O) groups is 3. The number of rotatable bonds is 2. The molecule has 9 heteroatoms. The maximum absolute atomic E-state index is 13.3. The number of nitrogens with zero attached hydrogens (tertiary/aromatic N) is 1. The third-order valence-corrected chi connectivity index (χ3v) is 7.13. The van der Waals surface area contributed by atoms with Crippen LogP contribution in [-0.4, -0.2) is 73.5 Å². The van der Waals surface area contributed by atoms with Crippen LogP contribution >= 0.6 is 0 Å². The van der Waals surface area contributed by atoms with Crippen molar-refractivity contribution in [3.05, 3.63) is 52.0 Å². The van der Waals surface area contributed by atoms with Crippen molar-refractivity contribution in [2.75, 3.05) is 14.1 Å². The minimum atomic E-state index is -2.67. The quantitative estimate of drug-likeness (QED) is 0.419. The number of carbonyl (C=O) groups excluding carboxylic acids is 3. The van der Waals surface area contributed by atoms with Gasteiger partial charge in [0.1, 0.15) is 22.8 Å². The fourth-order valence-electron chi connectivity index (χ4n) is 5.61. The second-order valence-electron chi connectivity index (χ2n) is 9.15. The molecular formula is C23H25NO8. The number of likely N-dealkylation sites (N-methyl/N-ethyl adjacent to an activating group) is 1. The van der Waals surface area contributed by atoms with E-state index in [2.05, 4.69) is 0 Å². The van der Waals surface area contributed by atoms with Gasteiger partial charge < -0.3 is 25.5 Å². The van der Waals surface area contributed by atoms with Crippen molar-refractivity contribution in [2.45, 2.75) is 37.5 Å². The van der Waals surface area contributed by atoms with Crippen molar-refractivity contribution in [1.82, 2.24) is 4.90 Å². The van der Waals surface area contributed by atoms with Crippen molar-refractivity contribution in [3.8, 4) is 5.75 Å². The van der Waals surface area contributed by atoms with Gasteiger partial charge in [-0.1, -0.05) is 12.1 Å². The van der Waals surface area contributed by atoms with Crippen LogP contribution in [0.25, 0.3) is 0 Å². The summed E-state index contributed by atoms with van der Waals surface area (Å²) in [6.45, 7) is 2.48. The molecule has 9 nitrogen and oxygen atoms in total. The zero-order valence-electron chi connectivity index (χ0n) is 18.1. The average molecular weight is 443 g/mol. The summed E-state index contributed by atoms with van der Waals surface area (Å²) < 4.78 is 0. The van der Waals surface area contributed by atoms with Crippen LogP contribution in [0.5, 0.6) is 5.75 Å². The number of aliphatic hydroxyl groups is 4. The Morgan fingerprint density at radius 1 is 1.12 bits per heavy atom. The molecule has 0 radical (unpaired) electrons. The van der Waals surface area contributed by atoms with Gasteiger partial charge in [0.05, 0.1) is 17.2 Å². The van der Waals surface area contributed by atoms with Crippen LogP contribution in [0.2, 0.25) is 0 Å². The summed E-state index contributed by atoms with van der Waals surface area (Å²) in [7, 11) is 3.14. The number of fused-ring (bicyclic) bond motifs is 3. The highest BCUT2D eigenvalue weighted by atomic mass is 16.3. The smallest absolute Gasteiger partial charge is 0.209 e. The zero-order valence-corrected chi connectivity index (χ0v) is 18.1. The maximum Gasteiger partial charge on any atom is 0.209 e. The van der Waals surface area contributed by atoms with E-state index >= 15 is 0 Å². The molecule has 0 saturated carbocycles. The van der Waals surface area contributed by atoms with Gasteiger partial charge in [0.2, 0.25) is 5.78 Å². The molecule has 0 fully saturated rings. The number of Topliss-reactive ketones (excluding diaryl/α,β-unsaturated/α-hetero) is 3. The molecule has 3 aliphatic rings. The first-order chi connectivity index (χ1) is 14.8. The van der Waals surface area contributed by atoms with Crippen LogP contribution in [0.15, 0.2) is 40.9 Å². The molecule has 0 aliphatic heterocycles. The monoisotopic (exact) mass is 443 g/mol. The lowest BCUT2D eigenvalue weighted by atomic mass is 9.55. The van der Waals surface area contributed by atoms with E-state index in [-0.39, 0.29) is 17.5 Å². The zero-order chi connectivity index (χ0) is 23.9. The molecule has 0 spiro atoms. The second-order valence-corrected chi connectivity index (χ2v) is 9.15. The molecule has 1 aromatic carbocycles. The van der Waals surface area contributed by atoms with Crippen molar-refractivity contribution >= 4 is 17.3 Å². The summed E-state index contributed by atoms with van der Waals surface area (Å²) in [5.41, 5.74) is -5.52. The fourth-order valence-corrected chi connectivity index (χ4v) is 5.61. The molecule has 170 valence electrons. The minimum absolute atomic E-state index is 0.155. The predicted octanol–water partition coefficient (Wildman–Crippen LogP) is 0.889. The van der Waals surface area contributed by atoms with Crippen molar-refractivity contribution < 1.29 is 39.9 Å². The Labute approximate surface area is 183 Å². The highest BCUT2D eigenvalue weighted by molar-refractivity contribution is 6.25. The highest BCUT2D eigenvalue weighted by Gasteiger charge is 2.65. The van der Waals surface area contributed by atoms with Gasteiger partial charge in [-0.25, -0.2) is 0 Å². The normalized spacial score (nSPS) is 34.4. The van der Waals surface area contributed by atoms with Crippen molar-refractivity contribution in [3.63, 3.8) is 0 Å². The molecule has 1 aromatic rings. The fraction of sp³-hybridized carbons (Fsp3) is 0.435. The second kappa shape index (κ2) is 6.74. The van der Waals surface area contributed by atoms with Crippen LogP contribution < -0.4 is 0 Å². The lowest BCUT2D eigenvalue weighted by Crippen LogP contribution is -2.64. The van der Waals surface area contributed by atoms with Crippen molar-refractivity contribution in [1.29, 1.82) is 0 Å². The average Bonchev–Trinajstić information content (AvgIpc) is 2.68. The molecule has 0 aromatic heterocycles. The Morgan fingerprint density at radius 2 is 1.75 bits per heavy atom. The standard InChI is InChI=1S/C23H25NO8/c1-9(25)14-19(28)17(24(3)4)12-8-11-16(21(30)23(12,32)20(14)29)18(27)15-10(22(11,2)31)6-5-7-13(15)26/h5-7,11-12,17,26,28,30-32H,8H2,1-4H3. The molecule has 0 bridgehead atoms. The van der Waals surface area contributed by atoms with Gasteiger partial charge >= 0.3 is 0 Å². The number of hydrogen-bond acceptors (Lipinski definition) is 9. The lowest BCUT2D eigenvalue weighted by Gasteiger charge is -2.52. The van der Waals surface area contributed by atoms with E-state index in [1.807, 2.05) is 0 Å². The lowest BCUT2D eigenvalue weighted by molar-refractivity contribution is -0.151. The Bertz CT molecular complexity index is 1140. The van der Waals surface area contributed by atoms with Crippen molar-refractivity contribution in [2.24, 2.45) is 11.8 Å². The topological polar surface area (TPSA) is 156 Å². The van der Waals surface area contributed by atoms with Gasteiger partial charge in [-0.15, -0.1) is 0 Å². The van der Waals surface area contributed by atoms with Gasteiger partial charge in [0.15, 0.2) is 17.2 Å². The molecule has 5 atom stereocenters. The van der Waals surface area contributed by atoms with E-state index in [0.29, 0.717) is 0 Å². The van der Waals surface area contributed by atoms with E-state index in [1.165, 1.54) is 30.0 Å². The summed E-state index contributed by atoms with van der Waals surface area (Å²) >= 11 is 0. The van der Waals surface area contributed by atoms with Crippen LogP contribution in [0, 0.1) is 11.8 Å². The highest BCUT2D eigenvalue weighted by Crippen LogP contribution is 2.56. The number of ketones is 3. The Kier molecular flexibility index (Phi) is 4.68. The number of hydrogen-bond donors (Lipinski definition) is 5. The van der Waals surface area contributed by atoms with E-state index in [4.69, 9.17) is 0 Å². The number of aromatic hydroxyl groups is 1. The molecule has 4 rings (SSSR count). The first-order valence-electron chi connectivity index (χ1n) is 10.2. The molecule has 0 saturated heterocycles. The summed E-state index contributed by atoms with van der Waals surface area (Å²) in [5, 5.41) is 55.2. The minimum Gasteiger partial charge on any atom is -0.510 e. The Balaban J connectivity index is 2.05. The largest absolute Gasteiger partial charge is 0.510 e. The third kappa shape index (κ3) is 2.52. The van der Waals surface area contributed by atoms with Gasteiger partial charge in [-0.2, -0.15) is 0 Å². The predicted molar refractivity (Wildman–Crippen MR) is 111 cm³/mol. The number of aliphatic hydroxyl groups excluding tert-OH is 2. The number of phenols is 1. The summed E-state index contributed by atoms with van der Waals surface area (Å²) in [6, 6.07) is 3.18. The molecule has 0 amide bonds. The van der Waals surface area contributed by atoms with Crippen LogP contribution in [0.4, 0.5) is 0 Å². The first-order valence-corrected chi connectivity index (χ1v) is 10.2. The molecule has 5 unspecified atom stereocenters. The maximum atomic E-state index is 13.3. The van der Waals surface area contributed by atoms with E-state index in [1.54, 1.807) is 14.1 Å². The van der Waals surface area contributed by atoms with Gasteiger partial charge in [0, 0.05) is 17.4 Å². The first kappa shape index (κ1) is 22.2. The number of phenolic OH excluding ortho intramolecular Hbond substituents is 1. The molecule has 5 N–H and O–H groups in total. The summed E-state index contributed by atoms with van der Waals surface area (Å²) in [6.07, 6.45) is -0.159. The van der Waals surface area contributed by atoms with E-state index in [9.17, 15) is 39.9 Å². The molecular weight excluding hydrogens is 418 g/mol. The summed E-state index contributed by atoms with van der Waals surface area (Å²) in [5.74, 6) is -6.95. The molecule has 3 aliphatic carbocycles. The van der Waals surface area contributed by atoms with E-state index in [0.717, 1.165) is 6.92 Å². The van der Waals surface area contributed by atoms with Gasteiger partial charge in [-0.05, 0) is 46.0 Å². The van der Waals surface area contributed by atoms with Gasteiger partial charge in [-0.3, -0.25) is 19.3 Å². The third-order valence-electron chi connectivity index (χ3n) is 7.13. The van der Waals surface area contributed by atoms with Crippen LogP contribution in [0.3, 0.4) is 0 Å². The Hall–Kier alpha value is -3.01. The van der Waals surface area contributed by atoms with Crippen LogP contribution in [-0.2, 0) is 15.2 Å². The van der Waals surface area contributed by atoms with Crippen LogP contribution in [0.1, 0.15) is 36.2 Å². The number of benzene rings is 1. The Morgan fingerprint density at radius 3 is 2.31 bits per heavy atom. The summed E-state index contributed by atoms with van der Waals surface area (Å²) in [4.78, 5) is 40.2. The SMILES string of the molecule is CC(=O)C1=C(O)C(N(C)C)C2CC3C(=C(O)C2(O)C1=O)C(=O)c1c(O)cccc1C3(C)O.